The van der Waals surface area contributed by atoms with Gasteiger partial charge in [0.25, 0.3) is 0 Å². The van der Waals surface area contributed by atoms with Crippen molar-refractivity contribution in [2.45, 2.75) is 120 Å². The third-order valence-corrected chi connectivity index (χ3v) is 13.5. The van der Waals surface area contributed by atoms with Crippen molar-refractivity contribution in [2.75, 3.05) is 58.3 Å². The summed E-state index contributed by atoms with van der Waals surface area (Å²) in [5.74, 6) is 0.243. The minimum Gasteiger partial charge on any atom is -0.373 e. The Bertz CT molecular complexity index is 1480. The topological polar surface area (TPSA) is 95.4 Å². The molecule has 7 atom stereocenters. The van der Waals surface area contributed by atoms with Gasteiger partial charge in [0.2, 0.25) is 5.91 Å². The number of halogens is 1. The number of hydrogen-bond donors (Lipinski definition) is 1. The molecule has 1 aromatic rings. The van der Waals surface area contributed by atoms with Gasteiger partial charge in [0.05, 0.1) is 42.8 Å². The fraction of sp³-hybridized carbons (Fsp3) is 0.725. The van der Waals surface area contributed by atoms with Gasteiger partial charge in [-0.25, -0.2) is 4.90 Å². The standard InChI is InChI=1S/C40H58ClN7O3/c1-4-35(49)47-22-21-46(25-31(47)17-19-42)38-33-16-18-40(24-28-14-15-29(41)23-34(28)45(3)27-40)37(50)36(33)43-39(51-26-32-13-10-20-44(32)2)48(38)30-11-8-6-5-7-9-12-30/h4,14-15,23,30-33,36,38-39,43H,1,5-13,16-18,20-22,24-27H2,2-3H3/t31?,32?,33?,36?,38?,39?,40-/m1/s1. The number of anilines is 1. The van der Waals surface area contributed by atoms with Crippen LogP contribution in [0.2, 0.25) is 5.02 Å². The molecule has 1 spiro atoms. The first-order chi connectivity index (χ1) is 24.7. The second kappa shape index (κ2) is 15.8. The summed E-state index contributed by atoms with van der Waals surface area (Å²) in [6.45, 7) is 7.95. The van der Waals surface area contributed by atoms with E-state index in [4.69, 9.17) is 16.3 Å². The van der Waals surface area contributed by atoms with E-state index in [9.17, 15) is 10.1 Å². The van der Waals surface area contributed by atoms with E-state index in [1.165, 1.54) is 50.2 Å². The number of carbonyl (C=O) groups is 2. The number of amides is 1. The number of Topliss-reactive ketones (excluding diaryl/α,β-unsaturated/α-hetero) is 1. The summed E-state index contributed by atoms with van der Waals surface area (Å²) < 4.78 is 7.05. The highest BCUT2D eigenvalue weighted by atomic mass is 35.5. The maximum atomic E-state index is 15.3. The largest absolute Gasteiger partial charge is 0.373 e. The number of nitriles is 1. The Kier molecular flexibility index (Phi) is 11.4. The Morgan fingerprint density at radius 3 is 2.59 bits per heavy atom. The van der Waals surface area contributed by atoms with Crippen molar-refractivity contribution >= 4 is 29.0 Å². The van der Waals surface area contributed by atoms with Gasteiger partial charge < -0.3 is 19.4 Å². The van der Waals surface area contributed by atoms with Crippen molar-refractivity contribution in [2.24, 2.45) is 11.3 Å². The highest BCUT2D eigenvalue weighted by molar-refractivity contribution is 6.30. The molecule has 1 aromatic carbocycles. The summed E-state index contributed by atoms with van der Waals surface area (Å²) in [5.41, 5.74) is 1.80. The predicted octanol–water partition coefficient (Wildman–Crippen LogP) is 5.02. The molecular formula is C40H58ClN7O3. The van der Waals surface area contributed by atoms with Crippen molar-refractivity contribution in [1.82, 2.24) is 24.9 Å². The molecule has 2 aliphatic carbocycles. The van der Waals surface area contributed by atoms with Crippen LogP contribution in [0.25, 0.3) is 0 Å². The second-order valence-corrected chi connectivity index (χ2v) is 16.8. The van der Waals surface area contributed by atoms with Gasteiger partial charge in [0.15, 0.2) is 12.1 Å². The minimum atomic E-state index is -0.495. The molecular weight excluding hydrogens is 662 g/mol. The molecule has 0 aromatic heterocycles. The predicted molar refractivity (Wildman–Crippen MR) is 200 cm³/mol. The van der Waals surface area contributed by atoms with Crippen LogP contribution in [0, 0.1) is 22.7 Å². The van der Waals surface area contributed by atoms with Crippen molar-refractivity contribution in [3.05, 3.63) is 41.4 Å². The number of nitrogens with one attached hydrogen (secondary N) is 1. The average molecular weight is 720 g/mol. The number of nitrogens with zero attached hydrogens (tertiary/aromatic N) is 6. The van der Waals surface area contributed by atoms with Crippen molar-refractivity contribution in [1.29, 1.82) is 5.26 Å². The summed E-state index contributed by atoms with van der Waals surface area (Å²) in [6.07, 6.45) is 14.4. The number of hydrogen-bond acceptors (Lipinski definition) is 9. The molecule has 4 aliphatic heterocycles. The average Bonchev–Trinajstić information content (AvgIpc) is 3.53. The Balaban J connectivity index is 1.25. The summed E-state index contributed by atoms with van der Waals surface area (Å²) in [4.78, 5) is 39.9. The zero-order valence-corrected chi connectivity index (χ0v) is 31.5. The van der Waals surface area contributed by atoms with Crippen molar-refractivity contribution in [3.8, 4) is 6.07 Å². The Hall–Kier alpha value is -2.52. The molecule has 11 heteroatoms. The number of ether oxygens (including phenoxy) is 1. The van der Waals surface area contributed by atoms with E-state index in [1.54, 1.807) is 0 Å². The fourth-order valence-corrected chi connectivity index (χ4v) is 10.8. The van der Waals surface area contributed by atoms with Gasteiger partial charge in [-0.1, -0.05) is 56.4 Å². The summed E-state index contributed by atoms with van der Waals surface area (Å²) in [6, 6.07) is 8.54. The molecule has 0 bridgehead atoms. The van der Waals surface area contributed by atoms with Crippen LogP contribution in [-0.4, -0.2) is 121 Å². The number of fused-ring (bicyclic) bond motifs is 2. The molecule has 1 amide bonds. The molecule has 10 nitrogen and oxygen atoms in total. The monoisotopic (exact) mass is 719 g/mol. The normalized spacial score (nSPS) is 34.4. The van der Waals surface area contributed by atoms with Gasteiger partial charge in [-0.3, -0.25) is 19.8 Å². The van der Waals surface area contributed by atoms with E-state index in [1.807, 2.05) is 17.0 Å². The lowest BCUT2D eigenvalue weighted by Gasteiger charge is -2.60. The summed E-state index contributed by atoms with van der Waals surface area (Å²) in [5, 5.41) is 14.5. The number of carbonyl (C=O) groups excluding carboxylic acids is 2. The molecule has 4 heterocycles. The number of likely N-dealkylation sites (tertiary alicyclic amines) is 1. The first-order valence-corrected chi connectivity index (χ1v) is 20.0. The molecule has 7 rings (SSSR count). The second-order valence-electron chi connectivity index (χ2n) is 16.4. The Morgan fingerprint density at radius 2 is 1.86 bits per heavy atom. The third-order valence-electron chi connectivity index (χ3n) is 13.3. The maximum absolute atomic E-state index is 15.3. The van der Waals surface area contributed by atoms with E-state index >= 15 is 4.79 Å². The maximum Gasteiger partial charge on any atom is 0.246 e. The minimum absolute atomic E-state index is 0.0390. The lowest BCUT2D eigenvalue weighted by molar-refractivity contribution is -0.216. The van der Waals surface area contributed by atoms with Gasteiger partial charge in [-0.05, 0) is 82.3 Å². The van der Waals surface area contributed by atoms with E-state index in [-0.39, 0.29) is 36.5 Å². The van der Waals surface area contributed by atoms with Gasteiger partial charge in [-0.15, -0.1) is 0 Å². The number of benzene rings is 1. The van der Waals surface area contributed by atoms with Gasteiger partial charge in [0.1, 0.15) is 0 Å². The zero-order valence-electron chi connectivity index (χ0n) is 30.8. The van der Waals surface area contributed by atoms with E-state index in [0.29, 0.717) is 50.7 Å². The van der Waals surface area contributed by atoms with E-state index in [2.05, 4.69) is 57.7 Å². The summed E-state index contributed by atoms with van der Waals surface area (Å²) >= 11 is 6.42. The van der Waals surface area contributed by atoms with Crippen LogP contribution < -0.4 is 10.2 Å². The molecule has 2 saturated carbocycles. The van der Waals surface area contributed by atoms with Crippen molar-refractivity contribution in [3.63, 3.8) is 0 Å². The van der Waals surface area contributed by atoms with Gasteiger partial charge in [0, 0.05) is 61.9 Å². The van der Waals surface area contributed by atoms with Crippen LogP contribution in [-0.2, 0) is 20.7 Å². The van der Waals surface area contributed by atoms with E-state index < -0.39 is 11.8 Å². The number of likely N-dealkylation sites (N-methyl/N-ethyl adjacent to an activating group) is 1. The number of piperazine rings is 1. The molecule has 0 radical (unpaired) electrons. The van der Waals surface area contributed by atoms with Crippen LogP contribution in [0.1, 0.15) is 82.6 Å². The molecule has 1 N–H and O–H groups in total. The number of rotatable bonds is 7. The molecule has 5 fully saturated rings. The van der Waals surface area contributed by atoms with Gasteiger partial charge >= 0.3 is 0 Å². The molecule has 51 heavy (non-hydrogen) atoms. The Morgan fingerprint density at radius 1 is 1.08 bits per heavy atom. The molecule has 278 valence electrons. The van der Waals surface area contributed by atoms with Crippen LogP contribution in [0.5, 0.6) is 0 Å². The first-order valence-electron chi connectivity index (χ1n) is 19.7. The number of ketones is 1. The van der Waals surface area contributed by atoms with Crippen LogP contribution in [0.3, 0.4) is 0 Å². The van der Waals surface area contributed by atoms with Gasteiger partial charge in [-0.2, -0.15) is 5.26 Å². The van der Waals surface area contributed by atoms with Crippen LogP contribution >= 0.6 is 11.6 Å². The van der Waals surface area contributed by atoms with Crippen molar-refractivity contribution < 1.29 is 14.3 Å². The van der Waals surface area contributed by atoms with E-state index in [0.717, 1.165) is 55.8 Å². The van der Waals surface area contributed by atoms with Crippen LogP contribution in [0.4, 0.5) is 5.69 Å². The third kappa shape index (κ3) is 7.36. The zero-order chi connectivity index (χ0) is 35.7. The molecule has 6 unspecified atom stereocenters. The lowest BCUT2D eigenvalue weighted by atomic mass is 9.61. The smallest absolute Gasteiger partial charge is 0.246 e. The quantitative estimate of drug-likeness (QED) is 0.390. The van der Waals surface area contributed by atoms with Crippen LogP contribution in [0.15, 0.2) is 30.9 Å². The fourth-order valence-electron chi connectivity index (χ4n) is 10.6. The highest BCUT2D eigenvalue weighted by Crippen LogP contribution is 2.49. The first kappa shape index (κ1) is 36.8. The SMILES string of the molecule is C=CC(=O)N1CCN(C2C3CC[C@]4(Cc5ccc(Cl)cc5N(C)C4)C(=O)C3NC(OCC3CCCN3C)N2C2CCCCCCC2)CC1CC#N. The lowest BCUT2D eigenvalue weighted by Crippen LogP contribution is -2.77. The molecule has 3 saturated heterocycles. The summed E-state index contributed by atoms with van der Waals surface area (Å²) in [7, 11) is 4.28. The highest BCUT2D eigenvalue weighted by Gasteiger charge is 2.58. The Labute approximate surface area is 310 Å². The molecule has 6 aliphatic rings.